The first-order valence-electron chi connectivity index (χ1n) is 5.05. The molecule has 0 aromatic rings. The van der Waals surface area contributed by atoms with E-state index < -0.39 is 0 Å². The van der Waals surface area contributed by atoms with Gasteiger partial charge in [-0.1, -0.05) is 0 Å². The summed E-state index contributed by atoms with van der Waals surface area (Å²) in [4.78, 5) is 15.7. The summed E-state index contributed by atoms with van der Waals surface area (Å²) in [5.41, 5.74) is -0.375. The minimum absolute atomic E-state index is 0.0589. The second-order valence-corrected chi connectivity index (χ2v) is 4.25. The first kappa shape index (κ1) is 11.0. The summed E-state index contributed by atoms with van der Waals surface area (Å²) < 4.78 is 0. The van der Waals surface area contributed by atoms with Gasteiger partial charge >= 0.3 is 0 Å². The van der Waals surface area contributed by atoms with E-state index in [1.807, 2.05) is 13.8 Å². The van der Waals surface area contributed by atoms with Crippen molar-refractivity contribution in [1.82, 2.24) is 10.6 Å². The van der Waals surface area contributed by atoms with Crippen molar-refractivity contribution in [2.45, 2.75) is 26.7 Å². The van der Waals surface area contributed by atoms with Gasteiger partial charge in [-0.2, -0.15) is 0 Å². The first-order valence-corrected chi connectivity index (χ1v) is 5.05. The molecule has 1 rings (SSSR count). The Morgan fingerprint density at radius 3 is 2.79 bits per heavy atom. The molecule has 1 amide bonds. The lowest BCUT2D eigenvalue weighted by atomic mass is 9.92. The van der Waals surface area contributed by atoms with E-state index in [1.165, 1.54) is 0 Å². The highest BCUT2D eigenvalue weighted by Crippen LogP contribution is 2.14. The number of aliphatic imine (C=N–C) groups is 1. The average Bonchev–Trinajstić information content (AvgIpc) is 2.66. The van der Waals surface area contributed by atoms with E-state index in [2.05, 4.69) is 15.6 Å². The molecule has 0 aromatic heterocycles. The largest absolute Gasteiger partial charge is 0.373 e. The lowest BCUT2D eigenvalue weighted by molar-refractivity contribution is -0.128. The Balaban J connectivity index is 2.39. The van der Waals surface area contributed by atoms with Gasteiger partial charge in [0.25, 0.3) is 0 Å². The number of rotatable bonds is 3. The Kier molecular flexibility index (Phi) is 3.49. The Morgan fingerprint density at radius 2 is 2.29 bits per heavy atom. The van der Waals surface area contributed by atoms with Gasteiger partial charge in [0.2, 0.25) is 5.91 Å². The topological polar surface area (TPSA) is 53.5 Å². The molecule has 1 aliphatic heterocycles. The number of carbonyl (C=O) groups excluding carboxylic acids is 1. The van der Waals surface area contributed by atoms with Crippen LogP contribution in [0.25, 0.3) is 0 Å². The van der Waals surface area contributed by atoms with Gasteiger partial charge in [-0.15, -0.1) is 0 Å². The Labute approximate surface area is 85.2 Å². The second-order valence-electron chi connectivity index (χ2n) is 4.25. The highest BCUT2D eigenvalue weighted by Gasteiger charge is 2.26. The van der Waals surface area contributed by atoms with Crippen LogP contribution in [-0.2, 0) is 4.79 Å². The van der Waals surface area contributed by atoms with E-state index in [4.69, 9.17) is 0 Å². The quantitative estimate of drug-likeness (QED) is 0.694. The molecule has 4 nitrogen and oxygen atoms in total. The van der Waals surface area contributed by atoms with E-state index >= 15 is 0 Å². The fourth-order valence-electron chi connectivity index (χ4n) is 1.43. The zero-order valence-corrected chi connectivity index (χ0v) is 9.18. The smallest absolute Gasteiger partial charge is 0.227 e. The number of amides is 1. The number of hydrogen-bond donors (Lipinski definition) is 2. The Hall–Kier alpha value is -1.06. The Morgan fingerprint density at radius 1 is 1.57 bits per heavy atom. The van der Waals surface area contributed by atoms with Crippen LogP contribution in [0.15, 0.2) is 4.99 Å². The molecule has 0 aliphatic carbocycles. The highest BCUT2D eigenvalue weighted by molar-refractivity contribution is 5.85. The number of nitrogens with one attached hydrogen (secondary N) is 2. The molecular formula is C10H19N3O. The van der Waals surface area contributed by atoms with Crippen molar-refractivity contribution in [3.05, 3.63) is 0 Å². The number of nitrogens with zero attached hydrogens (tertiary/aromatic N) is 1. The molecule has 1 aliphatic rings. The zero-order chi connectivity index (χ0) is 10.6. The summed E-state index contributed by atoms with van der Waals surface area (Å²) in [6, 6.07) is 0. The molecule has 0 aromatic carbocycles. The maximum atomic E-state index is 11.4. The molecular weight excluding hydrogens is 178 g/mol. The summed E-state index contributed by atoms with van der Waals surface area (Å²) in [6.07, 6.45) is 2.15. The van der Waals surface area contributed by atoms with Crippen LogP contribution in [0, 0.1) is 5.41 Å². The van der Waals surface area contributed by atoms with Crippen LogP contribution in [0.5, 0.6) is 0 Å². The summed E-state index contributed by atoms with van der Waals surface area (Å²) in [7, 11) is 1.66. The van der Waals surface area contributed by atoms with E-state index in [1.54, 1.807) is 7.05 Å². The zero-order valence-electron chi connectivity index (χ0n) is 9.18. The molecule has 0 spiro atoms. The third kappa shape index (κ3) is 2.72. The predicted molar refractivity (Wildman–Crippen MR) is 57.4 cm³/mol. The normalized spacial score (nSPS) is 16.4. The van der Waals surface area contributed by atoms with Gasteiger partial charge in [-0.3, -0.25) is 9.79 Å². The van der Waals surface area contributed by atoms with Gasteiger partial charge in [0, 0.05) is 26.6 Å². The van der Waals surface area contributed by atoms with Crippen LogP contribution in [0.3, 0.4) is 0 Å². The van der Waals surface area contributed by atoms with Gasteiger partial charge in [0.05, 0.1) is 11.3 Å². The summed E-state index contributed by atoms with van der Waals surface area (Å²) in [5.74, 6) is 1.10. The average molecular weight is 197 g/mol. The van der Waals surface area contributed by atoms with Crippen LogP contribution < -0.4 is 10.6 Å². The monoisotopic (exact) mass is 197 g/mol. The maximum absolute atomic E-state index is 11.4. The van der Waals surface area contributed by atoms with Crippen molar-refractivity contribution in [2.24, 2.45) is 10.4 Å². The first-order chi connectivity index (χ1) is 6.56. The molecule has 2 N–H and O–H groups in total. The molecule has 1 heterocycles. The lowest BCUT2D eigenvalue weighted by Crippen LogP contribution is -2.43. The summed E-state index contributed by atoms with van der Waals surface area (Å²) in [5, 5.41) is 5.89. The molecule has 0 saturated carbocycles. The molecule has 0 bridgehead atoms. The molecule has 0 fully saturated rings. The maximum Gasteiger partial charge on any atom is 0.227 e. The van der Waals surface area contributed by atoms with Crippen LogP contribution in [0.4, 0.5) is 0 Å². The lowest BCUT2D eigenvalue weighted by Gasteiger charge is -2.23. The third-order valence-corrected chi connectivity index (χ3v) is 2.45. The van der Waals surface area contributed by atoms with Crippen LogP contribution in [-0.4, -0.2) is 31.9 Å². The van der Waals surface area contributed by atoms with Gasteiger partial charge in [-0.05, 0) is 20.3 Å². The van der Waals surface area contributed by atoms with Crippen LogP contribution in [0.1, 0.15) is 26.7 Å². The predicted octanol–water partition coefficient (Wildman–Crippen LogP) is 0.540. The van der Waals surface area contributed by atoms with Crippen molar-refractivity contribution in [3.8, 4) is 0 Å². The van der Waals surface area contributed by atoms with E-state index in [0.29, 0.717) is 6.54 Å². The SMILES string of the molecule is CNC(=O)C(C)(C)CNC1=NCCC1. The minimum Gasteiger partial charge on any atom is -0.373 e. The molecule has 14 heavy (non-hydrogen) atoms. The second kappa shape index (κ2) is 4.44. The molecule has 80 valence electrons. The number of carbonyl (C=O) groups is 1. The van der Waals surface area contributed by atoms with E-state index in [9.17, 15) is 4.79 Å². The van der Waals surface area contributed by atoms with Crippen molar-refractivity contribution in [1.29, 1.82) is 0 Å². The van der Waals surface area contributed by atoms with Gasteiger partial charge in [-0.25, -0.2) is 0 Å². The molecule has 0 atom stereocenters. The Bertz CT molecular complexity index is 246. The van der Waals surface area contributed by atoms with Gasteiger partial charge < -0.3 is 10.6 Å². The molecule has 0 radical (unpaired) electrons. The number of amidine groups is 1. The van der Waals surface area contributed by atoms with Crippen molar-refractivity contribution in [2.75, 3.05) is 20.1 Å². The fourth-order valence-corrected chi connectivity index (χ4v) is 1.43. The van der Waals surface area contributed by atoms with Crippen LogP contribution >= 0.6 is 0 Å². The van der Waals surface area contributed by atoms with Crippen molar-refractivity contribution < 1.29 is 4.79 Å². The van der Waals surface area contributed by atoms with Crippen LogP contribution in [0.2, 0.25) is 0 Å². The highest BCUT2D eigenvalue weighted by atomic mass is 16.2. The van der Waals surface area contributed by atoms with Gasteiger partial charge in [0.15, 0.2) is 0 Å². The van der Waals surface area contributed by atoms with Gasteiger partial charge in [0.1, 0.15) is 0 Å². The summed E-state index contributed by atoms with van der Waals surface area (Å²) >= 11 is 0. The van der Waals surface area contributed by atoms with E-state index in [-0.39, 0.29) is 11.3 Å². The molecule has 0 unspecified atom stereocenters. The molecule has 0 saturated heterocycles. The minimum atomic E-state index is -0.375. The standard InChI is InChI=1S/C10H19N3O/c1-10(2,9(14)11-3)7-13-8-5-4-6-12-8/h4-7H2,1-3H3,(H,11,14)(H,12,13). The molecule has 4 heteroatoms. The fraction of sp³-hybridized carbons (Fsp3) is 0.800. The number of hydrogen-bond acceptors (Lipinski definition) is 3. The van der Waals surface area contributed by atoms with Crippen molar-refractivity contribution >= 4 is 11.7 Å². The van der Waals surface area contributed by atoms with E-state index in [0.717, 1.165) is 25.2 Å². The third-order valence-electron chi connectivity index (χ3n) is 2.45. The summed E-state index contributed by atoms with van der Waals surface area (Å²) in [6.45, 7) is 5.41. The van der Waals surface area contributed by atoms with Crippen molar-refractivity contribution in [3.63, 3.8) is 0 Å².